The largest absolute Gasteiger partial charge is 0.343 e. The van der Waals surface area contributed by atoms with Crippen molar-refractivity contribution < 1.29 is 14.0 Å². The van der Waals surface area contributed by atoms with E-state index in [2.05, 4.69) is 24.5 Å². The smallest absolute Gasteiger partial charge is 0.251 e. The summed E-state index contributed by atoms with van der Waals surface area (Å²) < 4.78 is 13.0. The number of hydrogen-bond donors (Lipinski definition) is 2. The zero-order valence-corrected chi connectivity index (χ0v) is 13.1. The van der Waals surface area contributed by atoms with Crippen LogP contribution in [0.15, 0.2) is 48.5 Å². The summed E-state index contributed by atoms with van der Waals surface area (Å²) in [5, 5.41) is 5.16. The lowest BCUT2D eigenvalue weighted by atomic mass is 10.0. The van der Waals surface area contributed by atoms with Crippen LogP contribution in [0.4, 0.5) is 10.1 Å². The van der Waals surface area contributed by atoms with E-state index in [1.54, 1.807) is 0 Å². The molecule has 4 nitrogen and oxygen atoms in total. The van der Waals surface area contributed by atoms with Gasteiger partial charge in [0, 0.05) is 11.3 Å². The third-order valence-corrected chi connectivity index (χ3v) is 3.36. The van der Waals surface area contributed by atoms with E-state index in [0.717, 1.165) is 6.07 Å². The monoisotopic (exact) mass is 314 g/mol. The minimum Gasteiger partial charge on any atom is -0.343 e. The predicted molar refractivity (Wildman–Crippen MR) is 87.9 cm³/mol. The van der Waals surface area contributed by atoms with Crippen LogP contribution in [0.5, 0.6) is 0 Å². The van der Waals surface area contributed by atoms with Gasteiger partial charge in [0.25, 0.3) is 5.91 Å². The molecular weight excluding hydrogens is 295 g/mol. The van der Waals surface area contributed by atoms with Crippen molar-refractivity contribution in [3.05, 3.63) is 65.5 Å². The molecule has 2 aromatic carbocycles. The fourth-order valence-electron chi connectivity index (χ4n) is 2.05. The van der Waals surface area contributed by atoms with Crippen LogP contribution in [-0.2, 0) is 4.79 Å². The maximum Gasteiger partial charge on any atom is 0.251 e. The Kier molecular flexibility index (Phi) is 5.46. The zero-order chi connectivity index (χ0) is 16.8. The molecule has 2 rings (SSSR count). The van der Waals surface area contributed by atoms with Gasteiger partial charge in [0.15, 0.2) is 0 Å². The van der Waals surface area contributed by atoms with E-state index in [1.165, 1.54) is 23.8 Å². The maximum atomic E-state index is 13.0. The van der Waals surface area contributed by atoms with Crippen LogP contribution in [0, 0.1) is 5.82 Å². The Hall–Kier alpha value is -2.69. The molecule has 0 bridgehead atoms. The Morgan fingerprint density at radius 1 is 1.09 bits per heavy atom. The second-order valence-electron chi connectivity index (χ2n) is 5.52. The highest BCUT2D eigenvalue weighted by atomic mass is 19.1. The summed E-state index contributed by atoms with van der Waals surface area (Å²) in [5.74, 6) is -0.903. The summed E-state index contributed by atoms with van der Waals surface area (Å²) in [6.07, 6.45) is 0. The standard InChI is InChI=1S/C18H19FN2O2/c1-12(2)13-6-8-16(9-7-13)21-17(22)11-20-18(23)14-4-3-5-15(19)10-14/h3-10,12H,11H2,1-2H3,(H,20,23)(H,21,22). The van der Waals surface area contributed by atoms with Gasteiger partial charge in [-0.25, -0.2) is 4.39 Å². The van der Waals surface area contributed by atoms with Crippen molar-refractivity contribution in [3.8, 4) is 0 Å². The summed E-state index contributed by atoms with van der Waals surface area (Å²) in [4.78, 5) is 23.6. The number of amides is 2. The molecule has 0 saturated carbocycles. The molecule has 2 aromatic rings. The summed E-state index contributed by atoms with van der Waals surface area (Å²) in [6.45, 7) is 4.01. The van der Waals surface area contributed by atoms with Crippen LogP contribution in [0.1, 0.15) is 35.7 Å². The first-order chi connectivity index (χ1) is 11.0. The SMILES string of the molecule is CC(C)c1ccc(NC(=O)CNC(=O)c2cccc(F)c2)cc1. The highest BCUT2D eigenvalue weighted by molar-refractivity contribution is 5.99. The average Bonchev–Trinajstić information content (AvgIpc) is 2.53. The summed E-state index contributed by atoms with van der Waals surface area (Å²) in [5.41, 5.74) is 2.03. The lowest BCUT2D eigenvalue weighted by molar-refractivity contribution is -0.115. The summed E-state index contributed by atoms with van der Waals surface area (Å²) in [7, 11) is 0. The van der Waals surface area contributed by atoms with Crippen molar-refractivity contribution in [1.29, 1.82) is 0 Å². The molecule has 0 fully saturated rings. The van der Waals surface area contributed by atoms with Crippen molar-refractivity contribution in [3.63, 3.8) is 0 Å². The quantitative estimate of drug-likeness (QED) is 0.889. The van der Waals surface area contributed by atoms with Crippen molar-refractivity contribution in [2.75, 3.05) is 11.9 Å². The summed E-state index contributed by atoms with van der Waals surface area (Å²) in [6, 6.07) is 12.9. The second-order valence-corrected chi connectivity index (χ2v) is 5.52. The van der Waals surface area contributed by atoms with Gasteiger partial charge in [-0.1, -0.05) is 32.0 Å². The van der Waals surface area contributed by atoms with Crippen molar-refractivity contribution in [1.82, 2.24) is 5.32 Å². The molecule has 2 amide bonds. The topological polar surface area (TPSA) is 58.2 Å². The van der Waals surface area contributed by atoms with E-state index in [0.29, 0.717) is 11.6 Å². The zero-order valence-electron chi connectivity index (χ0n) is 13.1. The van der Waals surface area contributed by atoms with Crippen LogP contribution in [0.3, 0.4) is 0 Å². The van der Waals surface area contributed by atoms with Crippen molar-refractivity contribution in [2.24, 2.45) is 0 Å². The molecule has 0 aliphatic heterocycles. The molecule has 23 heavy (non-hydrogen) atoms. The first kappa shape index (κ1) is 16.7. The number of rotatable bonds is 5. The summed E-state index contributed by atoms with van der Waals surface area (Å²) >= 11 is 0. The van der Waals surface area contributed by atoms with E-state index >= 15 is 0 Å². The number of nitrogens with one attached hydrogen (secondary N) is 2. The van der Waals surface area contributed by atoms with Gasteiger partial charge in [-0.2, -0.15) is 0 Å². The molecular formula is C18H19FN2O2. The number of carbonyl (C=O) groups excluding carboxylic acids is 2. The second kappa shape index (κ2) is 7.54. The van der Waals surface area contributed by atoms with Gasteiger partial charge in [-0.05, 0) is 41.8 Å². The van der Waals surface area contributed by atoms with Gasteiger partial charge in [0.1, 0.15) is 5.82 Å². The van der Waals surface area contributed by atoms with Crippen LogP contribution < -0.4 is 10.6 Å². The Bertz CT molecular complexity index is 696. The minimum absolute atomic E-state index is 0.179. The van der Waals surface area contributed by atoms with Gasteiger partial charge in [-0.15, -0.1) is 0 Å². The Balaban J connectivity index is 1.86. The van der Waals surface area contributed by atoms with Crippen LogP contribution >= 0.6 is 0 Å². The molecule has 0 aliphatic carbocycles. The first-order valence-electron chi connectivity index (χ1n) is 7.39. The lowest BCUT2D eigenvalue weighted by Gasteiger charge is -2.09. The molecule has 0 saturated heterocycles. The third kappa shape index (κ3) is 4.92. The maximum absolute atomic E-state index is 13.0. The van der Waals surface area contributed by atoms with Crippen LogP contribution in [-0.4, -0.2) is 18.4 Å². The Labute approximate surface area is 134 Å². The van der Waals surface area contributed by atoms with Gasteiger partial charge in [-0.3, -0.25) is 9.59 Å². The third-order valence-electron chi connectivity index (χ3n) is 3.36. The molecule has 0 aliphatic rings. The first-order valence-corrected chi connectivity index (χ1v) is 7.39. The van der Waals surface area contributed by atoms with Gasteiger partial charge in [0.05, 0.1) is 6.54 Å². The minimum atomic E-state index is -0.493. The van der Waals surface area contributed by atoms with E-state index in [-0.39, 0.29) is 18.0 Å². The molecule has 0 aromatic heterocycles. The molecule has 5 heteroatoms. The van der Waals surface area contributed by atoms with Gasteiger partial charge < -0.3 is 10.6 Å². The molecule has 0 radical (unpaired) electrons. The Morgan fingerprint density at radius 2 is 1.78 bits per heavy atom. The molecule has 2 N–H and O–H groups in total. The van der Waals surface area contributed by atoms with Gasteiger partial charge in [0.2, 0.25) is 5.91 Å². The normalized spacial score (nSPS) is 10.4. The van der Waals surface area contributed by atoms with Crippen LogP contribution in [0.2, 0.25) is 0 Å². The van der Waals surface area contributed by atoms with E-state index in [9.17, 15) is 14.0 Å². The number of benzene rings is 2. The van der Waals surface area contributed by atoms with Crippen LogP contribution in [0.25, 0.3) is 0 Å². The van der Waals surface area contributed by atoms with E-state index in [1.807, 2.05) is 24.3 Å². The molecule has 0 atom stereocenters. The molecule has 0 heterocycles. The fraction of sp³-hybridized carbons (Fsp3) is 0.222. The highest BCUT2D eigenvalue weighted by Gasteiger charge is 2.09. The predicted octanol–water partition coefficient (Wildman–Crippen LogP) is 3.32. The number of hydrogen-bond acceptors (Lipinski definition) is 2. The van der Waals surface area contributed by atoms with Crippen molar-refractivity contribution in [2.45, 2.75) is 19.8 Å². The molecule has 0 spiro atoms. The highest BCUT2D eigenvalue weighted by Crippen LogP contribution is 2.16. The average molecular weight is 314 g/mol. The molecule has 120 valence electrons. The number of carbonyl (C=O) groups is 2. The molecule has 0 unspecified atom stereocenters. The number of anilines is 1. The van der Waals surface area contributed by atoms with Crippen molar-refractivity contribution >= 4 is 17.5 Å². The Morgan fingerprint density at radius 3 is 2.39 bits per heavy atom. The lowest BCUT2D eigenvalue weighted by Crippen LogP contribution is -2.32. The van der Waals surface area contributed by atoms with E-state index < -0.39 is 11.7 Å². The number of halogens is 1. The van der Waals surface area contributed by atoms with Gasteiger partial charge >= 0.3 is 0 Å². The fourth-order valence-corrected chi connectivity index (χ4v) is 2.05. The van der Waals surface area contributed by atoms with E-state index in [4.69, 9.17) is 0 Å².